The van der Waals surface area contributed by atoms with E-state index < -0.39 is 15.9 Å². The van der Waals surface area contributed by atoms with E-state index in [-0.39, 0.29) is 4.90 Å². The van der Waals surface area contributed by atoms with Gasteiger partial charge in [-0.15, -0.1) is 0 Å². The number of hydrazone groups is 1. The maximum absolute atomic E-state index is 12.4. The quantitative estimate of drug-likeness (QED) is 0.427. The highest BCUT2D eigenvalue weighted by atomic mass is 32.2. The molecule has 0 heterocycles. The van der Waals surface area contributed by atoms with Gasteiger partial charge in [0.2, 0.25) is 0 Å². The highest BCUT2D eigenvalue weighted by Crippen LogP contribution is 2.17. The van der Waals surface area contributed by atoms with Crippen LogP contribution in [0.1, 0.15) is 22.8 Å². The van der Waals surface area contributed by atoms with Crippen LogP contribution in [-0.4, -0.2) is 27.1 Å². The number of hydrogen-bond acceptors (Lipinski definition) is 5. The van der Waals surface area contributed by atoms with E-state index >= 15 is 0 Å². The van der Waals surface area contributed by atoms with Crippen molar-refractivity contribution in [2.45, 2.75) is 11.8 Å². The number of hydrogen-bond donors (Lipinski definition) is 2. The molecule has 0 radical (unpaired) electrons. The number of amides is 1. The lowest BCUT2D eigenvalue weighted by Gasteiger charge is -2.08. The second-order valence-electron chi connectivity index (χ2n) is 6.17. The molecule has 3 rings (SSSR count). The van der Waals surface area contributed by atoms with Crippen molar-refractivity contribution in [3.8, 4) is 5.75 Å². The first-order valence-electron chi connectivity index (χ1n) is 9.23. The van der Waals surface area contributed by atoms with E-state index in [0.29, 0.717) is 23.6 Å². The van der Waals surface area contributed by atoms with E-state index in [1.165, 1.54) is 42.6 Å². The van der Waals surface area contributed by atoms with E-state index in [4.69, 9.17) is 4.74 Å². The summed E-state index contributed by atoms with van der Waals surface area (Å²) in [5.41, 5.74) is 3.88. The van der Waals surface area contributed by atoms with Crippen molar-refractivity contribution in [1.29, 1.82) is 0 Å². The number of ether oxygens (including phenoxy) is 1. The second-order valence-corrected chi connectivity index (χ2v) is 7.85. The predicted molar refractivity (Wildman–Crippen MR) is 116 cm³/mol. The minimum absolute atomic E-state index is 0.161. The van der Waals surface area contributed by atoms with Gasteiger partial charge >= 0.3 is 0 Å². The number of carbonyl (C=O) groups excluding carboxylic acids is 1. The smallest absolute Gasteiger partial charge is 0.271 e. The van der Waals surface area contributed by atoms with Crippen LogP contribution in [0.5, 0.6) is 5.75 Å². The van der Waals surface area contributed by atoms with Crippen LogP contribution in [-0.2, 0) is 10.0 Å². The third-order valence-electron chi connectivity index (χ3n) is 4.04. The summed E-state index contributed by atoms with van der Waals surface area (Å²) in [5, 5.41) is 3.97. The number of rotatable bonds is 8. The highest BCUT2D eigenvalue weighted by molar-refractivity contribution is 7.92. The molecule has 30 heavy (non-hydrogen) atoms. The Bertz CT molecular complexity index is 1130. The lowest BCUT2D eigenvalue weighted by molar-refractivity contribution is 0.0955. The number of para-hydroxylation sites is 1. The highest BCUT2D eigenvalue weighted by Gasteiger charge is 2.13. The first kappa shape index (κ1) is 21.1. The van der Waals surface area contributed by atoms with Crippen LogP contribution >= 0.6 is 0 Å². The predicted octanol–water partition coefficient (Wildman–Crippen LogP) is 3.65. The summed E-state index contributed by atoms with van der Waals surface area (Å²) in [4.78, 5) is 12.4. The first-order chi connectivity index (χ1) is 14.5. The Labute approximate surface area is 175 Å². The minimum atomic E-state index is -3.69. The fourth-order valence-electron chi connectivity index (χ4n) is 2.60. The van der Waals surface area contributed by atoms with Gasteiger partial charge in [-0.3, -0.25) is 9.52 Å². The Morgan fingerprint density at radius 2 is 1.63 bits per heavy atom. The molecule has 0 aliphatic heterocycles. The SMILES string of the molecule is CCOc1ccccc1C=NNC(=O)c1ccc(NS(=O)(=O)c2ccccc2)cc1. The van der Waals surface area contributed by atoms with Crippen molar-refractivity contribution in [3.05, 3.63) is 90.0 Å². The monoisotopic (exact) mass is 423 g/mol. The fraction of sp³-hybridized carbons (Fsp3) is 0.0909. The molecule has 3 aromatic rings. The molecule has 8 heteroatoms. The van der Waals surface area contributed by atoms with Crippen molar-refractivity contribution in [1.82, 2.24) is 5.43 Å². The number of anilines is 1. The molecule has 0 atom stereocenters. The summed E-state index contributed by atoms with van der Waals surface area (Å²) in [6.07, 6.45) is 1.51. The van der Waals surface area contributed by atoms with Crippen LogP contribution in [0.2, 0.25) is 0 Å². The van der Waals surface area contributed by atoms with Gasteiger partial charge in [-0.2, -0.15) is 5.10 Å². The van der Waals surface area contributed by atoms with Gasteiger partial charge in [-0.05, 0) is 55.5 Å². The summed E-state index contributed by atoms with van der Waals surface area (Å²) in [6, 6.07) is 21.5. The number of nitrogens with zero attached hydrogens (tertiary/aromatic N) is 1. The molecule has 0 aromatic heterocycles. The van der Waals surface area contributed by atoms with Gasteiger partial charge in [0.25, 0.3) is 15.9 Å². The van der Waals surface area contributed by atoms with Crippen LogP contribution in [0.25, 0.3) is 0 Å². The van der Waals surface area contributed by atoms with Gasteiger partial charge in [-0.25, -0.2) is 13.8 Å². The largest absolute Gasteiger partial charge is 0.493 e. The molecule has 0 aliphatic carbocycles. The van der Waals surface area contributed by atoms with Crippen molar-refractivity contribution in [3.63, 3.8) is 0 Å². The van der Waals surface area contributed by atoms with Gasteiger partial charge in [0.15, 0.2) is 0 Å². The van der Waals surface area contributed by atoms with E-state index in [0.717, 1.165) is 5.56 Å². The van der Waals surface area contributed by atoms with Crippen LogP contribution in [0.3, 0.4) is 0 Å². The summed E-state index contributed by atoms with van der Waals surface area (Å²) < 4.78 is 32.7. The van der Waals surface area contributed by atoms with Gasteiger partial charge in [-0.1, -0.05) is 30.3 Å². The molecule has 0 unspecified atom stereocenters. The van der Waals surface area contributed by atoms with Crippen molar-refractivity contribution < 1.29 is 17.9 Å². The van der Waals surface area contributed by atoms with E-state index in [1.807, 2.05) is 31.2 Å². The van der Waals surface area contributed by atoms with Gasteiger partial charge in [0.05, 0.1) is 17.7 Å². The van der Waals surface area contributed by atoms with Crippen LogP contribution < -0.4 is 14.9 Å². The van der Waals surface area contributed by atoms with E-state index in [1.54, 1.807) is 18.2 Å². The van der Waals surface area contributed by atoms with E-state index in [2.05, 4.69) is 15.2 Å². The summed E-state index contributed by atoms with van der Waals surface area (Å²) in [6.45, 7) is 2.41. The van der Waals surface area contributed by atoms with E-state index in [9.17, 15) is 13.2 Å². The Morgan fingerprint density at radius 3 is 2.33 bits per heavy atom. The molecule has 0 spiro atoms. The third kappa shape index (κ3) is 5.45. The summed E-state index contributed by atoms with van der Waals surface area (Å²) in [5.74, 6) is 0.255. The van der Waals surface area contributed by atoms with Crippen LogP contribution in [0.15, 0.2) is 88.9 Å². The zero-order valence-corrected chi connectivity index (χ0v) is 17.1. The lowest BCUT2D eigenvalue weighted by Crippen LogP contribution is -2.18. The zero-order valence-electron chi connectivity index (χ0n) is 16.3. The standard InChI is InChI=1S/C22H21N3O4S/c1-2-29-21-11-7-6-8-18(21)16-23-24-22(26)17-12-14-19(15-13-17)25-30(27,28)20-9-4-3-5-10-20/h3-16,25H,2H2,1H3,(H,24,26). The van der Waals surface area contributed by atoms with Gasteiger partial charge in [0.1, 0.15) is 5.75 Å². The third-order valence-corrected chi connectivity index (χ3v) is 5.44. The van der Waals surface area contributed by atoms with Gasteiger partial charge in [0, 0.05) is 16.8 Å². The fourth-order valence-corrected chi connectivity index (χ4v) is 3.68. The van der Waals surface area contributed by atoms with Crippen LogP contribution in [0, 0.1) is 0 Å². The number of nitrogens with one attached hydrogen (secondary N) is 2. The molecule has 1 amide bonds. The molecule has 7 nitrogen and oxygen atoms in total. The minimum Gasteiger partial charge on any atom is -0.493 e. The Kier molecular flexibility index (Phi) is 6.82. The molecule has 3 aromatic carbocycles. The maximum Gasteiger partial charge on any atom is 0.271 e. The Hall–Kier alpha value is -3.65. The van der Waals surface area contributed by atoms with Crippen molar-refractivity contribution in [2.24, 2.45) is 5.10 Å². The topological polar surface area (TPSA) is 96.9 Å². The molecule has 0 saturated heterocycles. The molecular weight excluding hydrogens is 402 g/mol. The number of benzene rings is 3. The molecular formula is C22H21N3O4S. The first-order valence-corrected chi connectivity index (χ1v) is 10.7. The summed E-state index contributed by atoms with van der Waals surface area (Å²) in [7, 11) is -3.69. The normalized spacial score (nSPS) is 11.2. The molecule has 154 valence electrons. The maximum atomic E-state index is 12.4. The van der Waals surface area contributed by atoms with Crippen LogP contribution in [0.4, 0.5) is 5.69 Å². The lowest BCUT2D eigenvalue weighted by atomic mass is 10.2. The Balaban J connectivity index is 1.63. The number of carbonyl (C=O) groups is 1. The molecule has 0 fully saturated rings. The van der Waals surface area contributed by atoms with Gasteiger partial charge < -0.3 is 4.74 Å². The molecule has 0 saturated carbocycles. The molecule has 0 bridgehead atoms. The molecule has 2 N–H and O–H groups in total. The average molecular weight is 423 g/mol. The second kappa shape index (κ2) is 9.71. The molecule has 0 aliphatic rings. The summed E-state index contributed by atoms with van der Waals surface area (Å²) >= 11 is 0. The zero-order chi connectivity index (χ0) is 21.4. The number of sulfonamides is 1. The van der Waals surface area contributed by atoms with Crippen molar-refractivity contribution in [2.75, 3.05) is 11.3 Å². The Morgan fingerprint density at radius 1 is 0.967 bits per heavy atom. The van der Waals surface area contributed by atoms with Crippen molar-refractivity contribution >= 4 is 27.8 Å². The average Bonchev–Trinajstić information content (AvgIpc) is 2.76.